The third kappa shape index (κ3) is 5.20. The predicted octanol–water partition coefficient (Wildman–Crippen LogP) is 2.69. The van der Waals surface area contributed by atoms with Gasteiger partial charge >= 0.3 is 0 Å². The minimum atomic E-state index is 0. The molecule has 2 aromatic rings. The second-order valence-corrected chi connectivity index (χ2v) is 3.03. The van der Waals surface area contributed by atoms with Crippen molar-refractivity contribution < 1.29 is 19.5 Å². The van der Waals surface area contributed by atoms with Gasteiger partial charge in [-0.1, -0.05) is 18.2 Å². The molecule has 0 radical (unpaired) electrons. The molecule has 2 nitrogen and oxygen atoms in total. The van der Waals surface area contributed by atoms with Crippen LogP contribution in [0.5, 0.6) is 0 Å². The van der Waals surface area contributed by atoms with Gasteiger partial charge in [0.05, 0.1) is 6.33 Å². The Morgan fingerprint density at radius 2 is 2.00 bits per heavy atom. The molecule has 1 N–H and O–H groups in total. The van der Waals surface area contributed by atoms with Crippen molar-refractivity contribution in [3.8, 4) is 0 Å². The molecule has 14 heavy (non-hydrogen) atoms. The Hall–Kier alpha value is -0.597. The normalized spacial score (nSPS) is 8.14. The molecule has 0 bridgehead atoms. The summed E-state index contributed by atoms with van der Waals surface area (Å²) < 4.78 is 0. The number of aromatic nitrogens is 2. The number of nitrogens with zero attached hydrogens (tertiary/aromatic N) is 1. The maximum atomic E-state index is 4.20. The first-order valence-corrected chi connectivity index (χ1v) is 4.43. The van der Waals surface area contributed by atoms with E-state index in [0.717, 1.165) is 4.90 Å². The Balaban J connectivity index is 0.000000246. The molecule has 1 aromatic carbocycles. The quantitative estimate of drug-likeness (QED) is 0.551. The van der Waals surface area contributed by atoms with E-state index >= 15 is 0 Å². The molecular formula is C10H12N2SZn. The van der Waals surface area contributed by atoms with Gasteiger partial charge in [0.2, 0.25) is 0 Å². The van der Waals surface area contributed by atoms with Gasteiger partial charge in [0.25, 0.3) is 0 Å². The first-order chi connectivity index (χ1) is 6.30. The molecule has 1 heterocycles. The summed E-state index contributed by atoms with van der Waals surface area (Å²) in [6.45, 7) is 2.04. The standard InChI is InChI=1S/C7H8S.C3H4N2.Zn/c1-6-4-2-3-5-7(6)8;1-2-5-3-4-1;/h2-5,8H,1H3;1-3H,(H,4,5);. The first kappa shape index (κ1) is 13.4. The molecule has 0 saturated carbocycles. The van der Waals surface area contributed by atoms with Crippen LogP contribution in [0.25, 0.3) is 0 Å². The smallest absolute Gasteiger partial charge is 0.0919 e. The fourth-order valence-corrected chi connectivity index (χ4v) is 0.939. The molecule has 0 spiro atoms. The topological polar surface area (TPSA) is 28.7 Å². The fraction of sp³-hybridized carbons (Fsp3) is 0.100. The van der Waals surface area contributed by atoms with Crippen LogP contribution in [0, 0.1) is 6.92 Å². The van der Waals surface area contributed by atoms with Crippen molar-refractivity contribution in [2.75, 3.05) is 0 Å². The van der Waals surface area contributed by atoms with Gasteiger partial charge in [-0.2, -0.15) is 0 Å². The van der Waals surface area contributed by atoms with Crippen molar-refractivity contribution in [1.82, 2.24) is 9.97 Å². The molecule has 0 amide bonds. The van der Waals surface area contributed by atoms with Crippen LogP contribution in [0.15, 0.2) is 47.9 Å². The van der Waals surface area contributed by atoms with Gasteiger partial charge in [-0.15, -0.1) is 12.6 Å². The molecule has 0 atom stereocenters. The van der Waals surface area contributed by atoms with Gasteiger partial charge in [0.1, 0.15) is 0 Å². The molecule has 0 aliphatic heterocycles. The third-order valence-electron chi connectivity index (χ3n) is 1.52. The van der Waals surface area contributed by atoms with Crippen molar-refractivity contribution >= 4 is 12.6 Å². The number of hydrogen-bond donors (Lipinski definition) is 2. The van der Waals surface area contributed by atoms with Crippen molar-refractivity contribution in [3.63, 3.8) is 0 Å². The average Bonchev–Trinajstić information content (AvgIpc) is 2.68. The number of nitrogens with one attached hydrogen (secondary N) is 1. The number of hydrogen-bond acceptors (Lipinski definition) is 2. The number of rotatable bonds is 0. The summed E-state index contributed by atoms with van der Waals surface area (Å²) in [4.78, 5) is 7.48. The van der Waals surface area contributed by atoms with Crippen molar-refractivity contribution in [2.24, 2.45) is 0 Å². The molecule has 70 valence electrons. The Labute approximate surface area is 102 Å². The summed E-state index contributed by atoms with van der Waals surface area (Å²) in [5.41, 5.74) is 1.23. The summed E-state index contributed by atoms with van der Waals surface area (Å²) in [6, 6.07) is 8.02. The largest absolute Gasteiger partial charge is 0.351 e. The van der Waals surface area contributed by atoms with Crippen molar-refractivity contribution in [3.05, 3.63) is 48.5 Å². The summed E-state index contributed by atoms with van der Waals surface area (Å²) >= 11 is 4.20. The molecule has 1 aromatic heterocycles. The van der Waals surface area contributed by atoms with E-state index in [4.69, 9.17) is 0 Å². The average molecular weight is 258 g/mol. The van der Waals surface area contributed by atoms with Gasteiger partial charge in [-0.25, -0.2) is 4.98 Å². The Morgan fingerprint density at radius 3 is 2.29 bits per heavy atom. The van der Waals surface area contributed by atoms with Gasteiger partial charge < -0.3 is 4.98 Å². The van der Waals surface area contributed by atoms with Crippen LogP contribution in [0.2, 0.25) is 0 Å². The minimum Gasteiger partial charge on any atom is -0.351 e. The molecule has 0 fully saturated rings. The van der Waals surface area contributed by atoms with E-state index in [0.29, 0.717) is 0 Å². The van der Waals surface area contributed by atoms with Gasteiger partial charge in [0, 0.05) is 36.8 Å². The summed E-state index contributed by atoms with van der Waals surface area (Å²) in [6.07, 6.45) is 5.08. The van der Waals surface area contributed by atoms with Crippen LogP contribution in [0.3, 0.4) is 0 Å². The second kappa shape index (κ2) is 7.77. The summed E-state index contributed by atoms with van der Waals surface area (Å²) in [5, 5.41) is 0. The van der Waals surface area contributed by atoms with Crippen LogP contribution < -0.4 is 0 Å². The van der Waals surface area contributed by atoms with E-state index in [1.807, 2.05) is 31.2 Å². The van der Waals surface area contributed by atoms with Gasteiger partial charge in [-0.3, -0.25) is 0 Å². The number of thiol groups is 1. The number of aryl methyl sites for hydroxylation is 1. The zero-order valence-corrected chi connectivity index (χ0v) is 12.0. The van der Waals surface area contributed by atoms with Crippen LogP contribution in [0.1, 0.15) is 5.56 Å². The van der Waals surface area contributed by atoms with Crippen LogP contribution in [-0.2, 0) is 19.5 Å². The maximum absolute atomic E-state index is 4.20. The molecule has 0 aliphatic carbocycles. The monoisotopic (exact) mass is 256 g/mol. The number of benzene rings is 1. The van der Waals surface area contributed by atoms with Crippen LogP contribution in [-0.4, -0.2) is 9.97 Å². The predicted molar refractivity (Wildman–Crippen MR) is 57.0 cm³/mol. The second-order valence-electron chi connectivity index (χ2n) is 2.55. The fourth-order valence-electron chi connectivity index (χ4n) is 0.779. The number of H-pyrrole nitrogens is 1. The Bertz CT molecular complexity index is 297. The van der Waals surface area contributed by atoms with E-state index < -0.39 is 0 Å². The van der Waals surface area contributed by atoms with E-state index in [-0.39, 0.29) is 19.5 Å². The summed E-state index contributed by atoms with van der Waals surface area (Å²) in [7, 11) is 0. The van der Waals surface area contributed by atoms with E-state index in [1.54, 1.807) is 18.7 Å². The van der Waals surface area contributed by atoms with Crippen LogP contribution in [0.4, 0.5) is 0 Å². The van der Waals surface area contributed by atoms with Gasteiger partial charge in [-0.05, 0) is 18.6 Å². The molecule has 0 aliphatic rings. The zero-order chi connectivity index (χ0) is 9.52. The van der Waals surface area contributed by atoms with Gasteiger partial charge in [0.15, 0.2) is 0 Å². The molecule has 4 heteroatoms. The third-order valence-corrected chi connectivity index (χ3v) is 2.02. The Morgan fingerprint density at radius 1 is 1.29 bits per heavy atom. The SMILES string of the molecule is Cc1ccccc1S.[Zn].c1c[nH]cn1. The summed E-state index contributed by atoms with van der Waals surface area (Å²) in [5.74, 6) is 0. The molecule has 0 saturated heterocycles. The van der Waals surface area contributed by atoms with Crippen molar-refractivity contribution in [2.45, 2.75) is 11.8 Å². The zero-order valence-electron chi connectivity index (χ0n) is 8.14. The van der Waals surface area contributed by atoms with E-state index in [1.165, 1.54) is 5.56 Å². The van der Waals surface area contributed by atoms with E-state index in [9.17, 15) is 0 Å². The molecular weight excluding hydrogens is 246 g/mol. The van der Waals surface area contributed by atoms with Crippen LogP contribution >= 0.6 is 12.6 Å². The Kier molecular flexibility index (Phi) is 7.44. The number of aromatic amines is 1. The maximum Gasteiger partial charge on any atom is 0.0919 e. The molecule has 0 unspecified atom stereocenters. The molecule has 2 rings (SSSR count). The first-order valence-electron chi connectivity index (χ1n) is 3.98. The van der Waals surface area contributed by atoms with E-state index in [2.05, 4.69) is 22.6 Å². The minimum absolute atomic E-state index is 0. The van der Waals surface area contributed by atoms with Crippen molar-refractivity contribution in [1.29, 1.82) is 0 Å². The number of imidazole rings is 1.